The SMILES string of the molecule is CCCn1c(Sc2ccnc(F)c2)n[nH]c1=O. The zero-order valence-corrected chi connectivity index (χ0v) is 10.00. The average Bonchev–Trinajstić information content (AvgIpc) is 2.62. The first kappa shape index (κ1) is 11.8. The second-order valence-corrected chi connectivity index (χ2v) is 4.42. The first-order valence-corrected chi connectivity index (χ1v) is 5.97. The van der Waals surface area contributed by atoms with Crippen LogP contribution >= 0.6 is 11.8 Å². The highest BCUT2D eigenvalue weighted by Crippen LogP contribution is 2.24. The molecule has 1 N–H and O–H groups in total. The summed E-state index contributed by atoms with van der Waals surface area (Å²) in [6, 6.07) is 2.98. The van der Waals surface area contributed by atoms with Gasteiger partial charge in [0.15, 0.2) is 5.16 Å². The molecule has 0 saturated carbocycles. The molecule has 2 aromatic heterocycles. The summed E-state index contributed by atoms with van der Waals surface area (Å²) in [4.78, 5) is 15.6. The molecule has 0 saturated heterocycles. The third-order valence-corrected chi connectivity index (χ3v) is 3.06. The zero-order valence-electron chi connectivity index (χ0n) is 9.18. The van der Waals surface area contributed by atoms with E-state index in [1.165, 1.54) is 28.6 Å². The normalized spacial score (nSPS) is 10.7. The molecule has 0 aliphatic carbocycles. The predicted molar refractivity (Wildman–Crippen MR) is 61.5 cm³/mol. The van der Waals surface area contributed by atoms with Crippen LogP contribution in [-0.4, -0.2) is 19.7 Å². The fraction of sp³-hybridized carbons (Fsp3) is 0.300. The Labute approximate surface area is 101 Å². The molecule has 0 aliphatic rings. The topological polar surface area (TPSA) is 63.6 Å². The van der Waals surface area contributed by atoms with Crippen LogP contribution in [0.2, 0.25) is 0 Å². The highest BCUT2D eigenvalue weighted by Gasteiger charge is 2.09. The van der Waals surface area contributed by atoms with E-state index in [2.05, 4.69) is 15.2 Å². The molecule has 0 aromatic carbocycles. The Kier molecular flexibility index (Phi) is 3.58. The number of nitrogens with zero attached hydrogens (tertiary/aromatic N) is 3. The second kappa shape index (κ2) is 5.13. The summed E-state index contributed by atoms with van der Waals surface area (Å²) < 4.78 is 14.4. The quantitative estimate of drug-likeness (QED) is 0.843. The fourth-order valence-corrected chi connectivity index (χ4v) is 2.23. The molecule has 0 bridgehead atoms. The van der Waals surface area contributed by atoms with Crippen molar-refractivity contribution in [3.8, 4) is 0 Å². The molecule has 7 heteroatoms. The summed E-state index contributed by atoms with van der Waals surface area (Å²) in [5.41, 5.74) is -0.246. The maximum atomic E-state index is 12.9. The summed E-state index contributed by atoms with van der Waals surface area (Å²) in [6.45, 7) is 2.56. The van der Waals surface area contributed by atoms with Crippen LogP contribution in [0.1, 0.15) is 13.3 Å². The molecule has 0 spiro atoms. The highest BCUT2D eigenvalue weighted by atomic mass is 32.2. The number of aromatic amines is 1. The minimum atomic E-state index is -0.546. The van der Waals surface area contributed by atoms with Gasteiger partial charge in [-0.1, -0.05) is 6.92 Å². The third kappa shape index (κ3) is 2.73. The molecular formula is C10H11FN4OS. The van der Waals surface area contributed by atoms with Gasteiger partial charge in [-0.25, -0.2) is 14.9 Å². The monoisotopic (exact) mass is 254 g/mol. The number of hydrogen-bond acceptors (Lipinski definition) is 4. The lowest BCUT2D eigenvalue weighted by Gasteiger charge is -2.02. The molecule has 2 heterocycles. The maximum absolute atomic E-state index is 12.9. The summed E-state index contributed by atoms with van der Waals surface area (Å²) in [6.07, 6.45) is 2.21. The number of pyridine rings is 1. The van der Waals surface area contributed by atoms with Crippen LogP contribution in [0.4, 0.5) is 4.39 Å². The minimum absolute atomic E-state index is 0.246. The van der Waals surface area contributed by atoms with Crippen molar-refractivity contribution in [1.29, 1.82) is 0 Å². The number of halogens is 1. The minimum Gasteiger partial charge on any atom is -0.270 e. The molecule has 0 fully saturated rings. The molecule has 2 rings (SSSR count). The van der Waals surface area contributed by atoms with Crippen LogP contribution in [0.15, 0.2) is 33.2 Å². The van der Waals surface area contributed by atoms with E-state index in [0.717, 1.165) is 6.42 Å². The summed E-state index contributed by atoms with van der Waals surface area (Å²) in [5.74, 6) is -0.546. The number of aromatic nitrogens is 4. The van der Waals surface area contributed by atoms with Crippen LogP contribution in [0, 0.1) is 5.95 Å². The molecule has 90 valence electrons. The lowest BCUT2D eigenvalue weighted by Crippen LogP contribution is -2.17. The smallest absolute Gasteiger partial charge is 0.270 e. The first-order valence-electron chi connectivity index (χ1n) is 5.15. The Morgan fingerprint density at radius 2 is 2.41 bits per heavy atom. The van der Waals surface area contributed by atoms with Crippen LogP contribution in [0.5, 0.6) is 0 Å². The predicted octanol–water partition coefficient (Wildman–Crippen LogP) is 1.67. The van der Waals surface area contributed by atoms with Crippen LogP contribution in [0.25, 0.3) is 0 Å². The summed E-state index contributed by atoms with van der Waals surface area (Å²) in [5, 5.41) is 6.82. The van der Waals surface area contributed by atoms with Crippen molar-refractivity contribution in [1.82, 2.24) is 19.7 Å². The van der Waals surface area contributed by atoms with Gasteiger partial charge in [0.05, 0.1) is 0 Å². The molecule has 2 aromatic rings. The lowest BCUT2D eigenvalue weighted by molar-refractivity contribution is 0.579. The van der Waals surface area contributed by atoms with Crippen molar-refractivity contribution in [3.63, 3.8) is 0 Å². The third-order valence-electron chi connectivity index (χ3n) is 2.08. The molecule has 0 aliphatic heterocycles. The first-order chi connectivity index (χ1) is 8.20. The molecule has 5 nitrogen and oxygen atoms in total. The van der Waals surface area contributed by atoms with Crippen LogP contribution < -0.4 is 5.69 Å². The zero-order chi connectivity index (χ0) is 12.3. The largest absolute Gasteiger partial charge is 0.343 e. The van der Waals surface area contributed by atoms with Crippen molar-refractivity contribution in [2.75, 3.05) is 0 Å². The van der Waals surface area contributed by atoms with Gasteiger partial charge in [-0.2, -0.15) is 4.39 Å². The van der Waals surface area contributed by atoms with E-state index < -0.39 is 5.95 Å². The van der Waals surface area contributed by atoms with E-state index in [0.29, 0.717) is 16.6 Å². The number of H-pyrrole nitrogens is 1. The van der Waals surface area contributed by atoms with E-state index in [1.807, 2.05) is 6.92 Å². The Morgan fingerprint density at radius 1 is 1.59 bits per heavy atom. The van der Waals surface area contributed by atoms with Crippen molar-refractivity contribution in [3.05, 3.63) is 34.8 Å². The van der Waals surface area contributed by atoms with Crippen molar-refractivity contribution in [2.45, 2.75) is 29.9 Å². The Balaban J connectivity index is 2.27. The summed E-state index contributed by atoms with van der Waals surface area (Å²) in [7, 11) is 0. The molecule has 17 heavy (non-hydrogen) atoms. The maximum Gasteiger partial charge on any atom is 0.343 e. The van der Waals surface area contributed by atoms with Gasteiger partial charge in [0.1, 0.15) is 0 Å². The van der Waals surface area contributed by atoms with Gasteiger partial charge in [-0.05, 0) is 24.2 Å². The number of nitrogens with one attached hydrogen (secondary N) is 1. The van der Waals surface area contributed by atoms with Gasteiger partial charge in [0.25, 0.3) is 0 Å². The molecule has 0 amide bonds. The Hall–Kier alpha value is -1.63. The highest BCUT2D eigenvalue weighted by molar-refractivity contribution is 7.99. The van der Waals surface area contributed by atoms with Crippen molar-refractivity contribution in [2.24, 2.45) is 0 Å². The van der Waals surface area contributed by atoms with Crippen LogP contribution in [0.3, 0.4) is 0 Å². The van der Waals surface area contributed by atoms with E-state index in [1.54, 1.807) is 6.07 Å². The molecule has 0 unspecified atom stereocenters. The Morgan fingerprint density at radius 3 is 3.12 bits per heavy atom. The molecule has 0 radical (unpaired) electrons. The van der Waals surface area contributed by atoms with E-state index >= 15 is 0 Å². The van der Waals surface area contributed by atoms with Gasteiger partial charge in [0.2, 0.25) is 5.95 Å². The van der Waals surface area contributed by atoms with E-state index in [-0.39, 0.29) is 5.69 Å². The lowest BCUT2D eigenvalue weighted by atomic mass is 10.5. The number of hydrogen-bond donors (Lipinski definition) is 1. The van der Waals surface area contributed by atoms with E-state index in [4.69, 9.17) is 0 Å². The van der Waals surface area contributed by atoms with Gasteiger partial charge in [0, 0.05) is 23.7 Å². The summed E-state index contributed by atoms with van der Waals surface area (Å²) >= 11 is 1.23. The van der Waals surface area contributed by atoms with E-state index in [9.17, 15) is 9.18 Å². The van der Waals surface area contributed by atoms with Gasteiger partial charge in [-0.3, -0.25) is 4.57 Å². The average molecular weight is 254 g/mol. The Bertz CT molecular complexity index is 565. The number of rotatable bonds is 4. The van der Waals surface area contributed by atoms with Crippen molar-refractivity contribution >= 4 is 11.8 Å². The van der Waals surface area contributed by atoms with Gasteiger partial charge < -0.3 is 0 Å². The van der Waals surface area contributed by atoms with Gasteiger partial charge in [-0.15, -0.1) is 5.10 Å². The standard InChI is InChI=1S/C10H11FN4OS/c1-2-5-15-9(16)13-14-10(15)17-7-3-4-12-8(11)6-7/h3-4,6H,2,5H2,1H3,(H,13,16). The fourth-order valence-electron chi connectivity index (χ4n) is 1.36. The van der Waals surface area contributed by atoms with Crippen molar-refractivity contribution < 1.29 is 4.39 Å². The molecular weight excluding hydrogens is 243 g/mol. The van der Waals surface area contributed by atoms with Gasteiger partial charge >= 0.3 is 5.69 Å². The second-order valence-electron chi connectivity index (χ2n) is 3.38. The molecule has 0 atom stereocenters. The van der Waals surface area contributed by atoms with Crippen LogP contribution in [-0.2, 0) is 6.54 Å².